The number of carbonyl (C=O) groups excluding carboxylic acids is 1. The Morgan fingerprint density at radius 3 is 2.70 bits per heavy atom. The molecule has 3 rings (SSSR count). The zero-order valence-electron chi connectivity index (χ0n) is 16.7. The summed E-state index contributed by atoms with van der Waals surface area (Å²) in [5.41, 5.74) is 4.45. The van der Waals surface area contributed by atoms with Gasteiger partial charge in [-0.25, -0.2) is 5.43 Å². The van der Waals surface area contributed by atoms with Crippen LogP contribution < -0.4 is 20.2 Å². The fraction of sp³-hybridized carbons (Fsp3) is 0.333. The fourth-order valence-corrected chi connectivity index (χ4v) is 3.90. The highest BCUT2D eigenvalue weighted by Gasteiger charge is 2.22. The number of benzene rings is 2. The van der Waals surface area contributed by atoms with E-state index < -0.39 is 0 Å². The molecule has 9 heteroatoms. The third kappa shape index (κ3) is 6.43. The van der Waals surface area contributed by atoms with Crippen molar-refractivity contribution in [2.45, 2.75) is 6.54 Å². The first-order chi connectivity index (χ1) is 14.4. The Morgan fingerprint density at radius 1 is 1.33 bits per heavy atom. The molecule has 0 unspecified atom stereocenters. The number of hydrogen-bond acceptors (Lipinski definition) is 5. The summed E-state index contributed by atoms with van der Waals surface area (Å²) in [6.07, 6.45) is 1.49. The Bertz CT molecular complexity index is 900. The number of quaternary nitrogens is 1. The first-order valence-corrected chi connectivity index (χ1v) is 10.8. The van der Waals surface area contributed by atoms with E-state index in [1.54, 1.807) is 12.1 Å². The van der Waals surface area contributed by atoms with Crippen LogP contribution in [0.1, 0.15) is 11.1 Å². The lowest BCUT2D eigenvalue weighted by Crippen LogP contribution is -3.15. The lowest BCUT2D eigenvalue weighted by molar-refractivity contribution is -0.896. The molecule has 0 spiro atoms. The van der Waals surface area contributed by atoms with Gasteiger partial charge in [-0.1, -0.05) is 45.4 Å². The maximum absolute atomic E-state index is 12.2. The third-order valence-corrected chi connectivity index (χ3v) is 5.79. The number of piperazine rings is 1. The minimum absolute atomic E-state index is 0.140. The first kappa shape index (κ1) is 22.6. The van der Waals surface area contributed by atoms with Gasteiger partial charge in [0.1, 0.15) is 5.75 Å². The summed E-state index contributed by atoms with van der Waals surface area (Å²) >= 11 is 9.13. The number of halogens is 2. The molecule has 1 aliphatic rings. The van der Waals surface area contributed by atoms with E-state index in [-0.39, 0.29) is 17.4 Å². The van der Waals surface area contributed by atoms with E-state index in [9.17, 15) is 9.90 Å². The topological polar surface area (TPSA) is 81.4 Å². The summed E-state index contributed by atoms with van der Waals surface area (Å²) in [4.78, 5) is 15.8. The fourth-order valence-electron chi connectivity index (χ4n) is 3.31. The number of nitrogens with one attached hydrogen (secondary N) is 2. The molecule has 1 amide bonds. The van der Waals surface area contributed by atoms with E-state index >= 15 is 0 Å². The van der Waals surface area contributed by atoms with Gasteiger partial charge in [-0.3, -0.25) is 9.69 Å². The standard InChI is InChI=1S/C21H24BrClN4O3/c1-30-19-11-16(10-18(22)21(19)29)12-24-25-20(28)14-27-8-6-26(7-9-27)13-15-2-4-17(23)5-3-15/h2-5,10-12,29H,6-9,13-14H2,1H3,(H,25,28). The van der Waals surface area contributed by atoms with E-state index in [1.165, 1.54) is 23.8 Å². The molecular formula is C21H24BrClN4O3. The van der Waals surface area contributed by atoms with E-state index in [0.717, 1.165) is 37.7 Å². The maximum atomic E-state index is 12.2. The molecule has 1 fully saturated rings. The van der Waals surface area contributed by atoms with Crippen molar-refractivity contribution >= 4 is 39.7 Å². The Kier molecular flexibility index (Phi) is 8.09. The number of ether oxygens (including phenoxy) is 1. The van der Waals surface area contributed by atoms with Gasteiger partial charge in [-0.05, 0) is 35.4 Å². The summed E-state index contributed by atoms with van der Waals surface area (Å²) in [5, 5.41) is 16.5. The minimum atomic E-state index is -0.225. The number of hydrogen-bond donors (Lipinski definition) is 2. The smallest absolute Gasteiger partial charge is 0.295 e. The van der Waals surface area contributed by atoms with Crippen LogP contribution in [0.25, 0.3) is 0 Å². The maximum Gasteiger partial charge on any atom is 0.295 e. The van der Waals surface area contributed by atoms with Crippen LogP contribution in [-0.4, -0.2) is 56.9 Å². The van der Waals surface area contributed by atoms with Crippen LogP contribution >= 0.6 is 27.5 Å². The highest BCUT2D eigenvalue weighted by Crippen LogP contribution is 2.32. The largest absolute Gasteiger partial charge is 0.869 e. The number of rotatable bonds is 7. The molecule has 160 valence electrons. The van der Waals surface area contributed by atoms with Crippen molar-refractivity contribution in [2.75, 3.05) is 39.8 Å². The number of carbonyl (C=O) groups is 1. The highest BCUT2D eigenvalue weighted by atomic mass is 79.9. The van der Waals surface area contributed by atoms with Crippen molar-refractivity contribution in [3.63, 3.8) is 0 Å². The van der Waals surface area contributed by atoms with Gasteiger partial charge in [-0.15, -0.1) is 0 Å². The molecular weight excluding hydrogens is 472 g/mol. The van der Waals surface area contributed by atoms with Crippen LogP contribution in [0.5, 0.6) is 11.5 Å². The third-order valence-electron chi connectivity index (χ3n) is 4.95. The lowest BCUT2D eigenvalue weighted by atomic mass is 10.2. The molecule has 2 aromatic rings. The molecule has 1 saturated heterocycles. The van der Waals surface area contributed by atoms with Crippen LogP contribution in [0.3, 0.4) is 0 Å². The predicted octanol–water partition coefficient (Wildman–Crippen LogP) is 1.04. The molecule has 2 N–H and O–H groups in total. The van der Waals surface area contributed by atoms with Gasteiger partial charge in [0.15, 0.2) is 6.54 Å². The molecule has 2 aromatic carbocycles. The highest BCUT2D eigenvalue weighted by molar-refractivity contribution is 9.10. The Morgan fingerprint density at radius 2 is 2.03 bits per heavy atom. The molecule has 0 saturated carbocycles. The monoisotopic (exact) mass is 494 g/mol. The van der Waals surface area contributed by atoms with E-state index in [2.05, 4.69) is 31.4 Å². The van der Waals surface area contributed by atoms with Gasteiger partial charge in [-0.2, -0.15) is 5.10 Å². The van der Waals surface area contributed by atoms with Crippen molar-refractivity contribution in [1.82, 2.24) is 10.3 Å². The molecule has 1 heterocycles. The Balaban J connectivity index is 1.42. The second kappa shape index (κ2) is 10.8. The summed E-state index contributed by atoms with van der Waals surface area (Å²) in [7, 11) is 1.43. The van der Waals surface area contributed by atoms with Crippen LogP contribution in [0.4, 0.5) is 0 Å². The van der Waals surface area contributed by atoms with Crippen molar-refractivity contribution in [3.8, 4) is 11.5 Å². The van der Waals surface area contributed by atoms with E-state index in [0.29, 0.717) is 16.6 Å². The van der Waals surface area contributed by atoms with Gasteiger partial charge < -0.3 is 14.7 Å². The average Bonchev–Trinajstić information content (AvgIpc) is 2.73. The quantitative estimate of drug-likeness (QED) is 0.444. The summed E-state index contributed by atoms with van der Waals surface area (Å²) in [6, 6.07) is 11.1. The van der Waals surface area contributed by atoms with Gasteiger partial charge in [0.2, 0.25) is 0 Å². The zero-order chi connectivity index (χ0) is 21.5. The molecule has 0 radical (unpaired) electrons. The predicted molar refractivity (Wildman–Crippen MR) is 118 cm³/mol. The summed E-state index contributed by atoms with van der Waals surface area (Å²) < 4.78 is 5.43. The SMILES string of the molecule is COc1cc(C=NNC(=O)C[NH+]2CCN(Cc3ccc(Cl)cc3)CC2)cc(Br)c1[O-]. The first-order valence-electron chi connectivity index (χ1n) is 9.61. The summed E-state index contributed by atoms with van der Waals surface area (Å²) in [5.74, 6) is -0.144. The number of amides is 1. The van der Waals surface area contributed by atoms with Gasteiger partial charge in [0.25, 0.3) is 5.91 Å². The second-order valence-corrected chi connectivity index (χ2v) is 8.45. The minimum Gasteiger partial charge on any atom is -0.869 e. The van der Waals surface area contributed by atoms with Gasteiger partial charge in [0, 0.05) is 29.1 Å². The molecule has 0 bridgehead atoms. The van der Waals surface area contributed by atoms with E-state index in [1.807, 2.05) is 24.3 Å². The van der Waals surface area contributed by atoms with Gasteiger partial charge >= 0.3 is 0 Å². The van der Waals surface area contributed by atoms with Crippen LogP contribution in [0.15, 0.2) is 46.0 Å². The Hall–Kier alpha value is -2.13. The number of hydrazone groups is 1. The van der Waals surface area contributed by atoms with Crippen LogP contribution in [0, 0.1) is 0 Å². The van der Waals surface area contributed by atoms with Crippen molar-refractivity contribution in [3.05, 3.63) is 57.0 Å². The lowest BCUT2D eigenvalue weighted by Gasteiger charge is -2.31. The number of nitrogens with zero attached hydrogens (tertiary/aromatic N) is 2. The second-order valence-electron chi connectivity index (χ2n) is 7.16. The molecule has 30 heavy (non-hydrogen) atoms. The number of methoxy groups -OCH3 is 1. The van der Waals surface area contributed by atoms with Gasteiger partial charge in [0.05, 0.1) is 26.4 Å². The van der Waals surface area contributed by atoms with Crippen LogP contribution in [-0.2, 0) is 11.3 Å². The van der Waals surface area contributed by atoms with Crippen molar-refractivity contribution < 1.29 is 19.5 Å². The Labute approximate surface area is 189 Å². The molecule has 0 aromatic heterocycles. The van der Waals surface area contributed by atoms with Crippen LogP contribution in [0.2, 0.25) is 5.02 Å². The van der Waals surface area contributed by atoms with Crippen molar-refractivity contribution in [1.29, 1.82) is 0 Å². The zero-order valence-corrected chi connectivity index (χ0v) is 19.0. The molecule has 7 nitrogen and oxygen atoms in total. The summed E-state index contributed by atoms with van der Waals surface area (Å²) in [6.45, 7) is 4.94. The van der Waals surface area contributed by atoms with E-state index in [4.69, 9.17) is 16.3 Å². The average molecular weight is 496 g/mol. The molecule has 0 atom stereocenters. The van der Waals surface area contributed by atoms with Crippen molar-refractivity contribution in [2.24, 2.45) is 5.10 Å². The normalized spacial score (nSPS) is 15.4. The molecule has 1 aliphatic heterocycles. The molecule has 0 aliphatic carbocycles.